The van der Waals surface area contributed by atoms with Gasteiger partial charge >= 0.3 is 0 Å². The van der Waals surface area contributed by atoms with Gasteiger partial charge in [0.15, 0.2) is 0 Å². The van der Waals surface area contributed by atoms with Gasteiger partial charge in [0.2, 0.25) is 23.7 Å². The van der Waals surface area contributed by atoms with Gasteiger partial charge < -0.3 is 20.4 Å². The van der Waals surface area contributed by atoms with Gasteiger partial charge in [-0.25, -0.2) is 9.97 Å². The van der Waals surface area contributed by atoms with Crippen LogP contribution in [-0.4, -0.2) is 82.3 Å². The molecule has 3 amide bonds. The molecule has 4 heterocycles. The maximum absolute atomic E-state index is 13.8. The lowest BCUT2D eigenvalue weighted by atomic mass is 9.84. The Kier molecular flexibility index (Phi) is 11.9. The van der Waals surface area contributed by atoms with Crippen molar-refractivity contribution in [3.05, 3.63) is 95.6 Å². The highest BCUT2D eigenvalue weighted by Crippen LogP contribution is 2.34. The van der Waals surface area contributed by atoms with E-state index in [4.69, 9.17) is 16.6 Å². The fourth-order valence-electron chi connectivity index (χ4n) is 9.14. The lowest BCUT2D eigenvalue weighted by Gasteiger charge is -2.39. The minimum absolute atomic E-state index is 0.0217. The highest BCUT2D eigenvalue weighted by Gasteiger charge is 2.34. The summed E-state index contributed by atoms with van der Waals surface area (Å²) in [5.74, 6) is 1.60. The first kappa shape index (κ1) is 38.1. The number of nitrogens with one attached hydrogen (secondary N) is 3. The molecule has 11 heteroatoms. The first-order chi connectivity index (χ1) is 27.3. The molecule has 1 unspecified atom stereocenters. The minimum atomic E-state index is -0.365. The Balaban J connectivity index is 0.777. The number of nitrogens with zero attached hydrogens (tertiary/aromatic N) is 4. The molecule has 10 nitrogen and oxygen atoms in total. The van der Waals surface area contributed by atoms with E-state index in [1.807, 2.05) is 30.3 Å². The van der Waals surface area contributed by atoms with E-state index >= 15 is 0 Å². The summed E-state index contributed by atoms with van der Waals surface area (Å²) in [5.41, 5.74) is 6.14. The van der Waals surface area contributed by atoms with Crippen molar-refractivity contribution in [3.63, 3.8) is 0 Å². The number of carbonyl (C=O) groups is 3. The first-order valence-electron chi connectivity index (χ1n) is 20.5. The van der Waals surface area contributed by atoms with Crippen LogP contribution >= 0.6 is 11.6 Å². The standard InChI is InChI=1S/C45H52ClN7O3/c46-39-28-47-45(51-42(39)35-9-4-8-34(26-35)31-6-2-1-3-7-31)49-38-11-5-10-36(27-38)44(56)53-24-18-30(19-25-53)29-52-22-20-33(21-23-52)32-12-14-37(15-13-32)48-40-16-17-41(54)50-43(40)55/h1-4,6-9,12-15,26,28,30,33,36,38,40,48H,5,10-11,16-25,27,29H2,(H,47,49,51)(H,50,54,55)/t36-,38+,40?/m0/s1. The van der Waals surface area contributed by atoms with E-state index in [2.05, 4.69) is 79.3 Å². The average molecular weight is 774 g/mol. The summed E-state index contributed by atoms with van der Waals surface area (Å²) in [6.45, 7) is 4.99. The molecule has 8 rings (SSSR count). The third kappa shape index (κ3) is 9.24. The largest absolute Gasteiger partial charge is 0.374 e. The molecule has 3 saturated heterocycles. The fourth-order valence-corrected chi connectivity index (χ4v) is 9.34. The summed E-state index contributed by atoms with van der Waals surface area (Å²) in [6, 6.07) is 26.8. The van der Waals surface area contributed by atoms with Crippen molar-refractivity contribution in [1.82, 2.24) is 25.1 Å². The maximum atomic E-state index is 13.8. The molecule has 3 N–H and O–H groups in total. The second-order valence-electron chi connectivity index (χ2n) is 16.2. The zero-order valence-electron chi connectivity index (χ0n) is 32.0. The summed E-state index contributed by atoms with van der Waals surface area (Å²) in [4.78, 5) is 51.5. The quantitative estimate of drug-likeness (QED) is 0.140. The van der Waals surface area contributed by atoms with Crippen LogP contribution < -0.4 is 16.0 Å². The van der Waals surface area contributed by atoms with E-state index < -0.39 is 0 Å². The smallest absolute Gasteiger partial charge is 0.249 e. The number of amides is 3. The molecule has 4 aliphatic rings. The molecule has 3 aliphatic heterocycles. The van der Waals surface area contributed by atoms with E-state index in [-0.39, 0.29) is 29.8 Å². The predicted molar refractivity (Wildman–Crippen MR) is 221 cm³/mol. The summed E-state index contributed by atoms with van der Waals surface area (Å²) < 4.78 is 0. The topological polar surface area (TPSA) is 120 Å². The van der Waals surface area contributed by atoms with Crippen LogP contribution in [0.15, 0.2) is 85.1 Å². The van der Waals surface area contributed by atoms with Crippen LogP contribution in [0, 0.1) is 11.8 Å². The molecule has 1 saturated carbocycles. The fraction of sp³-hybridized carbons (Fsp3) is 0.444. The highest BCUT2D eigenvalue weighted by atomic mass is 35.5. The number of anilines is 2. The maximum Gasteiger partial charge on any atom is 0.249 e. The van der Waals surface area contributed by atoms with Gasteiger partial charge in [-0.2, -0.15) is 0 Å². The number of benzene rings is 3. The van der Waals surface area contributed by atoms with E-state index in [0.29, 0.717) is 47.2 Å². The second kappa shape index (κ2) is 17.6. The van der Waals surface area contributed by atoms with Gasteiger partial charge in [-0.05, 0) is 111 Å². The van der Waals surface area contributed by atoms with Gasteiger partial charge in [-0.15, -0.1) is 0 Å². The molecule has 56 heavy (non-hydrogen) atoms. The second-order valence-corrected chi connectivity index (χ2v) is 16.6. The molecule has 1 aromatic heterocycles. The molecule has 0 spiro atoms. The number of likely N-dealkylation sites (tertiary alicyclic amines) is 2. The van der Waals surface area contributed by atoms with Crippen molar-refractivity contribution >= 4 is 41.0 Å². The van der Waals surface area contributed by atoms with E-state index in [1.165, 1.54) is 5.56 Å². The molecule has 1 aliphatic carbocycles. The van der Waals surface area contributed by atoms with Crippen LogP contribution in [0.4, 0.5) is 11.6 Å². The summed E-state index contributed by atoms with van der Waals surface area (Å²) in [7, 11) is 0. The Labute approximate surface area is 334 Å². The van der Waals surface area contributed by atoms with Gasteiger partial charge in [0.05, 0.1) is 16.9 Å². The molecule has 0 radical (unpaired) electrons. The lowest BCUT2D eigenvalue weighted by molar-refractivity contribution is -0.138. The molecule has 4 aromatic rings. The van der Waals surface area contributed by atoms with Crippen LogP contribution in [0.1, 0.15) is 75.7 Å². The molecule has 292 valence electrons. The normalized spacial score (nSPS) is 22.7. The Bertz CT molecular complexity index is 1990. The first-order valence-corrected chi connectivity index (χ1v) is 20.9. The van der Waals surface area contributed by atoms with Crippen LogP contribution in [-0.2, 0) is 14.4 Å². The molecular formula is C45H52ClN7O3. The summed E-state index contributed by atoms with van der Waals surface area (Å²) in [6.07, 6.45) is 10.7. The SMILES string of the molecule is O=C1CCC(Nc2ccc(C3CCN(CC4CCN(C(=O)[C@H]5CCC[C@@H](Nc6ncc(Cl)c(-c7cccc(-c8ccccc8)c7)n6)C5)CC4)CC3)cc2)C(=O)N1. The molecule has 3 aromatic carbocycles. The average Bonchev–Trinajstić information content (AvgIpc) is 3.24. The number of aromatic nitrogens is 2. The van der Waals surface area contributed by atoms with Crippen LogP contribution in [0.25, 0.3) is 22.4 Å². The van der Waals surface area contributed by atoms with Crippen molar-refractivity contribution in [2.24, 2.45) is 11.8 Å². The lowest BCUT2D eigenvalue weighted by Crippen LogP contribution is -2.47. The van der Waals surface area contributed by atoms with Crippen molar-refractivity contribution in [3.8, 4) is 22.4 Å². The zero-order valence-corrected chi connectivity index (χ0v) is 32.7. The molecule has 3 atom stereocenters. The molecule has 4 fully saturated rings. The number of halogens is 1. The van der Waals surface area contributed by atoms with Crippen molar-refractivity contribution in [1.29, 1.82) is 0 Å². The van der Waals surface area contributed by atoms with Gasteiger partial charge in [-0.3, -0.25) is 19.7 Å². The van der Waals surface area contributed by atoms with Crippen molar-refractivity contribution < 1.29 is 14.4 Å². The number of imide groups is 1. The predicted octanol–water partition coefficient (Wildman–Crippen LogP) is 7.77. The summed E-state index contributed by atoms with van der Waals surface area (Å²) in [5, 5.41) is 9.76. The third-order valence-electron chi connectivity index (χ3n) is 12.3. The van der Waals surface area contributed by atoms with Crippen molar-refractivity contribution in [2.75, 3.05) is 43.4 Å². The molecule has 0 bridgehead atoms. The Morgan fingerprint density at radius 3 is 2.32 bits per heavy atom. The summed E-state index contributed by atoms with van der Waals surface area (Å²) >= 11 is 6.63. The number of hydrogen-bond acceptors (Lipinski definition) is 8. The monoisotopic (exact) mass is 773 g/mol. The van der Waals surface area contributed by atoms with Crippen LogP contribution in [0.2, 0.25) is 5.02 Å². The van der Waals surface area contributed by atoms with E-state index in [1.54, 1.807) is 6.20 Å². The highest BCUT2D eigenvalue weighted by molar-refractivity contribution is 6.32. The Morgan fingerprint density at radius 1 is 0.804 bits per heavy atom. The third-order valence-corrected chi connectivity index (χ3v) is 12.6. The Morgan fingerprint density at radius 2 is 1.55 bits per heavy atom. The number of carbonyl (C=O) groups excluding carboxylic acids is 3. The zero-order chi connectivity index (χ0) is 38.4. The number of hydrogen-bond donors (Lipinski definition) is 3. The van der Waals surface area contributed by atoms with Crippen LogP contribution in [0.5, 0.6) is 0 Å². The van der Waals surface area contributed by atoms with E-state index in [9.17, 15) is 14.4 Å². The Hall–Kier alpha value is -4.80. The minimum Gasteiger partial charge on any atom is -0.374 e. The van der Waals surface area contributed by atoms with E-state index in [0.717, 1.165) is 106 Å². The number of piperidine rings is 3. The van der Waals surface area contributed by atoms with Gasteiger partial charge in [0, 0.05) is 49.3 Å². The van der Waals surface area contributed by atoms with Gasteiger partial charge in [0.25, 0.3) is 0 Å². The van der Waals surface area contributed by atoms with Crippen LogP contribution in [0.3, 0.4) is 0 Å². The van der Waals surface area contributed by atoms with Gasteiger partial charge in [0.1, 0.15) is 6.04 Å². The molecular weight excluding hydrogens is 722 g/mol. The number of rotatable bonds is 10. The van der Waals surface area contributed by atoms with Crippen molar-refractivity contribution in [2.45, 2.75) is 82.2 Å². The van der Waals surface area contributed by atoms with Gasteiger partial charge in [-0.1, -0.05) is 78.7 Å².